The lowest BCUT2D eigenvalue weighted by atomic mass is 9.90. The highest BCUT2D eigenvalue weighted by atomic mass is 19.1. The van der Waals surface area contributed by atoms with E-state index in [0.29, 0.717) is 6.42 Å². The summed E-state index contributed by atoms with van der Waals surface area (Å²) < 4.78 is 14.0. The SMILES string of the molecule is O=C(NC1CCC1)C1(F)CCCNC1. The Labute approximate surface area is 83.4 Å². The fourth-order valence-corrected chi connectivity index (χ4v) is 1.93. The third-order valence-electron chi connectivity index (χ3n) is 3.18. The Kier molecular flexibility index (Phi) is 2.72. The summed E-state index contributed by atoms with van der Waals surface area (Å²) in [5.74, 6) is -0.408. The lowest BCUT2D eigenvalue weighted by Gasteiger charge is -2.33. The zero-order valence-electron chi connectivity index (χ0n) is 8.31. The number of carbonyl (C=O) groups excluding carboxylic acids is 1. The number of halogens is 1. The highest BCUT2D eigenvalue weighted by Crippen LogP contribution is 2.24. The minimum atomic E-state index is -1.66. The summed E-state index contributed by atoms with van der Waals surface area (Å²) in [4.78, 5) is 11.6. The third-order valence-corrected chi connectivity index (χ3v) is 3.18. The Balaban J connectivity index is 1.87. The van der Waals surface area contributed by atoms with Crippen LogP contribution in [0.2, 0.25) is 0 Å². The summed E-state index contributed by atoms with van der Waals surface area (Å²) in [7, 11) is 0. The van der Waals surface area contributed by atoms with Crippen LogP contribution < -0.4 is 10.6 Å². The van der Waals surface area contributed by atoms with E-state index >= 15 is 0 Å². The summed E-state index contributed by atoms with van der Waals surface area (Å²) in [6, 6.07) is 0.233. The van der Waals surface area contributed by atoms with Crippen molar-refractivity contribution in [3.63, 3.8) is 0 Å². The lowest BCUT2D eigenvalue weighted by molar-refractivity contribution is -0.135. The summed E-state index contributed by atoms with van der Waals surface area (Å²) in [5, 5.41) is 5.70. The summed E-state index contributed by atoms with van der Waals surface area (Å²) in [6.45, 7) is 0.994. The molecule has 14 heavy (non-hydrogen) atoms. The summed E-state index contributed by atoms with van der Waals surface area (Å²) in [6.07, 6.45) is 4.28. The highest BCUT2D eigenvalue weighted by molar-refractivity contribution is 5.85. The van der Waals surface area contributed by atoms with Crippen LogP contribution in [0.3, 0.4) is 0 Å². The maximum absolute atomic E-state index is 14.0. The molecule has 80 valence electrons. The number of amides is 1. The van der Waals surface area contributed by atoms with E-state index in [1.165, 1.54) is 0 Å². The third kappa shape index (κ3) is 1.90. The molecule has 1 saturated heterocycles. The lowest BCUT2D eigenvalue weighted by Crippen LogP contribution is -2.56. The Bertz CT molecular complexity index is 222. The first-order valence-electron chi connectivity index (χ1n) is 5.41. The molecule has 0 radical (unpaired) electrons. The van der Waals surface area contributed by atoms with Gasteiger partial charge in [-0.05, 0) is 38.6 Å². The molecule has 4 heteroatoms. The smallest absolute Gasteiger partial charge is 0.259 e. The van der Waals surface area contributed by atoms with Gasteiger partial charge in [-0.25, -0.2) is 4.39 Å². The van der Waals surface area contributed by atoms with E-state index in [1.807, 2.05) is 0 Å². The number of alkyl halides is 1. The molecule has 1 aliphatic carbocycles. The molecule has 3 nitrogen and oxygen atoms in total. The Morgan fingerprint density at radius 3 is 2.71 bits per heavy atom. The second-order valence-electron chi connectivity index (χ2n) is 4.35. The average molecular weight is 200 g/mol. The van der Waals surface area contributed by atoms with Crippen molar-refractivity contribution in [3.05, 3.63) is 0 Å². The second kappa shape index (κ2) is 3.85. The summed E-state index contributed by atoms with van der Waals surface area (Å²) >= 11 is 0. The van der Waals surface area contributed by atoms with Crippen molar-refractivity contribution >= 4 is 5.91 Å². The van der Waals surface area contributed by atoms with Crippen LogP contribution in [0, 0.1) is 0 Å². The minimum Gasteiger partial charge on any atom is -0.351 e. The Morgan fingerprint density at radius 2 is 2.21 bits per heavy atom. The van der Waals surface area contributed by atoms with Crippen molar-refractivity contribution in [2.24, 2.45) is 0 Å². The monoisotopic (exact) mass is 200 g/mol. The number of carbonyl (C=O) groups is 1. The molecule has 2 fully saturated rings. The van der Waals surface area contributed by atoms with Crippen molar-refractivity contribution in [2.45, 2.75) is 43.8 Å². The van der Waals surface area contributed by atoms with Crippen LogP contribution in [-0.2, 0) is 4.79 Å². The standard InChI is InChI=1S/C10H17FN2O/c11-10(5-2-6-12-7-10)9(14)13-8-3-1-4-8/h8,12H,1-7H2,(H,13,14). The van der Waals surface area contributed by atoms with Gasteiger partial charge in [0.1, 0.15) is 0 Å². The van der Waals surface area contributed by atoms with E-state index in [1.54, 1.807) is 0 Å². The van der Waals surface area contributed by atoms with Gasteiger partial charge in [0.2, 0.25) is 5.67 Å². The number of hydrogen-bond acceptors (Lipinski definition) is 2. The molecule has 2 rings (SSSR count). The average Bonchev–Trinajstić information content (AvgIpc) is 2.12. The molecule has 1 heterocycles. The van der Waals surface area contributed by atoms with Crippen molar-refractivity contribution in [3.8, 4) is 0 Å². The second-order valence-corrected chi connectivity index (χ2v) is 4.35. The first-order chi connectivity index (χ1) is 6.71. The predicted molar refractivity (Wildman–Crippen MR) is 51.7 cm³/mol. The molecule has 2 N–H and O–H groups in total. The van der Waals surface area contributed by atoms with Gasteiger partial charge in [-0.1, -0.05) is 0 Å². The minimum absolute atomic E-state index is 0.172. The van der Waals surface area contributed by atoms with Gasteiger partial charge < -0.3 is 10.6 Å². The van der Waals surface area contributed by atoms with Crippen molar-refractivity contribution in [1.29, 1.82) is 0 Å². The molecular formula is C10H17FN2O. The quantitative estimate of drug-likeness (QED) is 0.690. The number of piperidine rings is 1. The number of rotatable bonds is 2. The predicted octanol–water partition coefficient (Wildman–Crippen LogP) is 0.747. The molecule has 1 atom stereocenters. The first kappa shape index (κ1) is 9.90. The van der Waals surface area contributed by atoms with Crippen LogP contribution in [0.15, 0.2) is 0 Å². The van der Waals surface area contributed by atoms with Crippen LogP contribution in [0.4, 0.5) is 4.39 Å². The van der Waals surface area contributed by atoms with Gasteiger partial charge in [0, 0.05) is 12.6 Å². The number of hydrogen-bond donors (Lipinski definition) is 2. The van der Waals surface area contributed by atoms with Crippen molar-refractivity contribution < 1.29 is 9.18 Å². The van der Waals surface area contributed by atoms with E-state index in [0.717, 1.165) is 32.2 Å². The Morgan fingerprint density at radius 1 is 1.43 bits per heavy atom. The van der Waals surface area contributed by atoms with Gasteiger partial charge in [-0.2, -0.15) is 0 Å². The van der Waals surface area contributed by atoms with Crippen molar-refractivity contribution in [1.82, 2.24) is 10.6 Å². The van der Waals surface area contributed by atoms with Gasteiger partial charge in [0.05, 0.1) is 0 Å². The van der Waals surface area contributed by atoms with Crippen LogP contribution in [-0.4, -0.2) is 30.7 Å². The van der Waals surface area contributed by atoms with Gasteiger partial charge >= 0.3 is 0 Å². The van der Waals surface area contributed by atoms with E-state index < -0.39 is 11.6 Å². The normalized spacial score (nSPS) is 33.5. The van der Waals surface area contributed by atoms with E-state index in [-0.39, 0.29) is 12.6 Å². The van der Waals surface area contributed by atoms with E-state index in [2.05, 4.69) is 10.6 Å². The van der Waals surface area contributed by atoms with Gasteiger partial charge in [-0.3, -0.25) is 4.79 Å². The van der Waals surface area contributed by atoms with Crippen LogP contribution in [0.25, 0.3) is 0 Å². The highest BCUT2D eigenvalue weighted by Gasteiger charge is 2.40. The molecule has 1 unspecified atom stereocenters. The fourth-order valence-electron chi connectivity index (χ4n) is 1.93. The molecule has 0 aromatic rings. The van der Waals surface area contributed by atoms with Crippen molar-refractivity contribution in [2.75, 3.05) is 13.1 Å². The van der Waals surface area contributed by atoms with Gasteiger partial charge in [-0.15, -0.1) is 0 Å². The summed E-state index contributed by atoms with van der Waals surface area (Å²) in [5.41, 5.74) is -1.66. The molecule has 1 amide bonds. The van der Waals surface area contributed by atoms with Crippen LogP contribution in [0.1, 0.15) is 32.1 Å². The molecule has 1 aliphatic heterocycles. The topological polar surface area (TPSA) is 41.1 Å². The zero-order valence-corrected chi connectivity index (χ0v) is 8.31. The van der Waals surface area contributed by atoms with E-state index in [9.17, 15) is 9.18 Å². The van der Waals surface area contributed by atoms with E-state index in [4.69, 9.17) is 0 Å². The molecular weight excluding hydrogens is 183 g/mol. The van der Waals surface area contributed by atoms with Crippen LogP contribution >= 0.6 is 0 Å². The molecule has 0 bridgehead atoms. The molecule has 0 aromatic carbocycles. The molecule has 1 saturated carbocycles. The maximum atomic E-state index is 14.0. The zero-order chi connectivity index (χ0) is 10.0. The molecule has 0 aromatic heterocycles. The molecule has 0 spiro atoms. The fraction of sp³-hybridized carbons (Fsp3) is 0.900. The molecule has 2 aliphatic rings. The number of nitrogens with one attached hydrogen (secondary N) is 2. The van der Waals surface area contributed by atoms with Gasteiger partial charge in [0.25, 0.3) is 5.91 Å². The first-order valence-corrected chi connectivity index (χ1v) is 5.41. The van der Waals surface area contributed by atoms with Gasteiger partial charge in [0.15, 0.2) is 0 Å². The maximum Gasteiger partial charge on any atom is 0.259 e. The van der Waals surface area contributed by atoms with Crippen LogP contribution in [0.5, 0.6) is 0 Å². The largest absolute Gasteiger partial charge is 0.351 e. The Hall–Kier alpha value is -0.640.